The molecule has 0 saturated heterocycles. The van der Waals surface area contributed by atoms with E-state index in [1.165, 1.54) is 131 Å². The quantitative estimate of drug-likeness (QED) is 0.344. The standard InChI is InChI=1S/C40H50N2O/c1-5-13-27(14-6-1)31-22-24-35-34(25-31)33-23-21-32(26-36(33)43-35)39-37(28-15-7-2-8-16-28)38(29-17-9-3-10-18-29)41-40(42-39)30-19-11-4-12-20-30/h7,13,15,19,21-26,28-29,33,36,38,40-42H,1-6,8-12,14,16-18,20H2. The first-order valence-corrected chi connectivity index (χ1v) is 17.8. The van der Waals surface area contributed by atoms with Gasteiger partial charge in [0.1, 0.15) is 11.9 Å². The first-order valence-electron chi connectivity index (χ1n) is 17.8. The van der Waals surface area contributed by atoms with E-state index in [1.54, 1.807) is 11.1 Å². The van der Waals surface area contributed by atoms with Crippen LogP contribution in [0.2, 0.25) is 0 Å². The van der Waals surface area contributed by atoms with Crippen LogP contribution in [0.3, 0.4) is 0 Å². The topological polar surface area (TPSA) is 33.3 Å². The Morgan fingerprint density at radius 3 is 2.47 bits per heavy atom. The fourth-order valence-electron chi connectivity index (χ4n) is 9.18. The number of allylic oxidation sites excluding steroid dienone is 6. The van der Waals surface area contributed by atoms with E-state index in [0.717, 1.165) is 11.7 Å². The lowest BCUT2D eigenvalue weighted by molar-refractivity contribution is 0.247. The summed E-state index contributed by atoms with van der Waals surface area (Å²) in [6, 6.07) is 7.41. The van der Waals surface area contributed by atoms with Gasteiger partial charge in [0.2, 0.25) is 0 Å². The molecule has 0 bridgehead atoms. The normalized spacial score (nSPS) is 32.7. The largest absolute Gasteiger partial charge is 0.485 e. The molecule has 1 aromatic rings. The van der Waals surface area contributed by atoms with Gasteiger partial charge in [-0.1, -0.05) is 61.8 Å². The molecule has 1 aromatic carbocycles. The molecule has 2 heterocycles. The van der Waals surface area contributed by atoms with Crippen molar-refractivity contribution in [2.75, 3.05) is 0 Å². The minimum Gasteiger partial charge on any atom is -0.485 e. The molecule has 226 valence electrons. The van der Waals surface area contributed by atoms with Gasteiger partial charge in [0, 0.05) is 29.1 Å². The summed E-state index contributed by atoms with van der Waals surface area (Å²) in [4.78, 5) is 0. The lowest BCUT2D eigenvalue weighted by atomic mass is 9.72. The number of benzene rings is 1. The smallest absolute Gasteiger partial charge is 0.128 e. The molecule has 2 N–H and O–H groups in total. The fourth-order valence-corrected chi connectivity index (χ4v) is 9.18. The lowest BCUT2D eigenvalue weighted by Gasteiger charge is -2.45. The van der Waals surface area contributed by atoms with E-state index in [9.17, 15) is 0 Å². The van der Waals surface area contributed by atoms with Gasteiger partial charge in [0.15, 0.2) is 0 Å². The van der Waals surface area contributed by atoms with Crippen molar-refractivity contribution in [3.05, 3.63) is 94.3 Å². The highest BCUT2D eigenvalue weighted by Gasteiger charge is 2.40. The number of hydrogen-bond acceptors (Lipinski definition) is 3. The van der Waals surface area contributed by atoms with Crippen molar-refractivity contribution in [2.45, 2.75) is 127 Å². The van der Waals surface area contributed by atoms with E-state index in [4.69, 9.17) is 4.74 Å². The van der Waals surface area contributed by atoms with Gasteiger partial charge >= 0.3 is 0 Å². The molecule has 2 aliphatic heterocycles. The fraction of sp³-hybridized carbons (Fsp3) is 0.550. The average molecular weight is 575 g/mol. The second kappa shape index (κ2) is 12.3. The molecule has 3 heteroatoms. The zero-order valence-electron chi connectivity index (χ0n) is 26.0. The third kappa shape index (κ3) is 5.52. The SMILES string of the molecule is C1=CC(C2=C(C3=CC4Oc5ccc(C6=CCCCC6)cc5C4C=C3)NC(C3=CCCCC3)NC2C2CCCCC2)CCC1. The van der Waals surface area contributed by atoms with Crippen LogP contribution < -0.4 is 15.4 Å². The maximum Gasteiger partial charge on any atom is 0.128 e. The minimum absolute atomic E-state index is 0.0680. The van der Waals surface area contributed by atoms with Crippen molar-refractivity contribution in [1.82, 2.24) is 10.6 Å². The van der Waals surface area contributed by atoms with Crippen LogP contribution in [0.25, 0.3) is 5.57 Å². The second-order valence-electron chi connectivity index (χ2n) is 14.3. The number of nitrogens with one attached hydrogen (secondary N) is 2. The average Bonchev–Trinajstić information content (AvgIpc) is 3.46. The highest BCUT2D eigenvalue weighted by atomic mass is 16.5. The van der Waals surface area contributed by atoms with Crippen LogP contribution in [-0.4, -0.2) is 18.3 Å². The number of hydrogen-bond donors (Lipinski definition) is 2. The molecule has 1 fully saturated rings. The number of fused-ring (bicyclic) bond motifs is 3. The van der Waals surface area contributed by atoms with E-state index in [1.807, 2.05) is 0 Å². The number of rotatable bonds is 5. The summed E-state index contributed by atoms with van der Waals surface area (Å²) in [6.45, 7) is 0. The first-order chi connectivity index (χ1) is 21.3. The monoisotopic (exact) mass is 574 g/mol. The van der Waals surface area contributed by atoms with Gasteiger partial charge in [-0.3, -0.25) is 5.32 Å². The van der Waals surface area contributed by atoms with Gasteiger partial charge in [-0.2, -0.15) is 0 Å². The molecule has 3 nitrogen and oxygen atoms in total. The Kier molecular flexibility index (Phi) is 7.94. The molecule has 7 aliphatic rings. The molecule has 0 amide bonds. The van der Waals surface area contributed by atoms with Crippen LogP contribution in [0.4, 0.5) is 0 Å². The van der Waals surface area contributed by atoms with Crippen molar-refractivity contribution < 1.29 is 4.74 Å². The Labute approximate surface area is 259 Å². The van der Waals surface area contributed by atoms with Crippen molar-refractivity contribution in [3.63, 3.8) is 0 Å². The van der Waals surface area contributed by atoms with E-state index in [0.29, 0.717) is 17.9 Å². The van der Waals surface area contributed by atoms with Crippen LogP contribution in [0.15, 0.2) is 83.1 Å². The Morgan fingerprint density at radius 2 is 1.67 bits per heavy atom. The van der Waals surface area contributed by atoms with Crippen LogP contribution in [0.1, 0.15) is 120 Å². The molecule has 5 aliphatic carbocycles. The summed E-state index contributed by atoms with van der Waals surface area (Å²) in [6.07, 6.45) is 38.4. The Hall–Kier alpha value is -2.78. The molecular weight excluding hydrogens is 524 g/mol. The predicted molar refractivity (Wildman–Crippen MR) is 178 cm³/mol. The van der Waals surface area contributed by atoms with E-state index in [2.05, 4.69) is 71.4 Å². The molecule has 0 aromatic heterocycles. The molecular formula is C40H50N2O. The second-order valence-corrected chi connectivity index (χ2v) is 14.3. The molecule has 0 spiro atoms. The third-order valence-corrected chi connectivity index (χ3v) is 11.5. The lowest BCUT2D eigenvalue weighted by Crippen LogP contribution is -2.57. The van der Waals surface area contributed by atoms with Crippen LogP contribution in [-0.2, 0) is 0 Å². The van der Waals surface area contributed by atoms with Gasteiger partial charge in [-0.25, -0.2) is 0 Å². The Morgan fingerprint density at radius 1 is 0.791 bits per heavy atom. The van der Waals surface area contributed by atoms with Crippen molar-refractivity contribution in [2.24, 2.45) is 11.8 Å². The molecule has 0 radical (unpaired) electrons. The van der Waals surface area contributed by atoms with Crippen molar-refractivity contribution in [3.8, 4) is 5.75 Å². The zero-order valence-corrected chi connectivity index (χ0v) is 26.0. The summed E-state index contributed by atoms with van der Waals surface area (Å²) in [7, 11) is 0. The highest BCUT2D eigenvalue weighted by Crippen LogP contribution is 2.46. The molecule has 5 atom stereocenters. The predicted octanol–water partition coefficient (Wildman–Crippen LogP) is 9.56. The van der Waals surface area contributed by atoms with Crippen molar-refractivity contribution in [1.29, 1.82) is 0 Å². The summed E-state index contributed by atoms with van der Waals surface area (Å²) in [5, 5.41) is 8.39. The Bertz CT molecular complexity index is 1400. The molecule has 43 heavy (non-hydrogen) atoms. The summed E-state index contributed by atoms with van der Waals surface area (Å²) in [5.74, 6) is 2.61. The maximum atomic E-state index is 6.70. The van der Waals surface area contributed by atoms with Crippen molar-refractivity contribution >= 4 is 5.57 Å². The maximum absolute atomic E-state index is 6.70. The van der Waals surface area contributed by atoms with E-state index < -0.39 is 0 Å². The highest BCUT2D eigenvalue weighted by molar-refractivity contribution is 5.69. The zero-order chi connectivity index (χ0) is 28.6. The van der Waals surface area contributed by atoms with Crippen LogP contribution in [0, 0.1) is 11.8 Å². The minimum atomic E-state index is 0.0680. The first kappa shape index (κ1) is 27.7. The third-order valence-electron chi connectivity index (χ3n) is 11.5. The van der Waals surface area contributed by atoms with Crippen LogP contribution >= 0.6 is 0 Å². The number of ether oxygens (including phenoxy) is 1. The van der Waals surface area contributed by atoms with E-state index in [-0.39, 0.29) is 12.3 Å². The van der Waals surface area contributed by atoms with Gasteiger partial charge in [0.25, 0.3) is 0 Å². The molecule has 1 saturated carbocycles. The van der Waals surface area contributed by atoms with Gasteiger partial charge in [-0.05, 0) is 135 Å². The van der Waals surface area contributed by atoms with Crippen LogP contribution in [0.5, 0.6) is 5.75 Å². The molecule has 5 unspecified atom stereocenters. The summed E-state index contributed by atoms with van der Waals surface area (Å²) >= 11 is 0. The Balaban J connectivity index is 1.16. The summed E-state index contributed by atoms with van der Waals surface area (Å²) in [5.41, 5.74) is 10.3. The van der Waals surface area contributed by atoms with Gasteiger partial charge < -0.3 is 10.1 Å². The van der Waals surface area contributed by atoms with Gasteiger partial charge in [0.05, 0.1) is 6.17 Å². The molecule has 8 rings (SSSR count). The van der Waals surface area contributed by atoms with Gasteiger partial charge in [-0.15, -0.1) is 0 Å². The van der Waals surface area contributed by atoms with E-state index >= 15 is 0 Å². The summed E-state index contributed by atoms with van der Waals surface area (Å²) < 4.78 is 6.70.